The molecule has 0 atom stereocenters. The molecule has 1 fully saturated rings. The van der Waals surface area contributed by atoms with Crippen LogP contribution >= 0.6 is 0 Å². The molecule has 6 aromatic rings. The van der Waals surface area contributed by atoms with Crippen LogP contribution in [0.3, 0.4) is 0 Å². The number of pyridine rings is 3. The van der Waals surface area contributed by atoms with E-state index in [1.165, 1.54) is 0 Å². The number of nitrogens with one attached hydrogen (secondary N) is 3. The van der Waals surface area contributed by atoms with Gasteiger partial charge in [0.2, 0.25) is 5.91 Å². The lowest BCUT2D eigenvalue weighted by atomic mass is 10.1. The minimum Gasteiger partial charge on any atom is -0.337 e. The molecule has 1 amide bonds. The molecular formula is C29H24N8O. The van der Waals surface area contributed by atoms with Crippen molar-refractivity contribution in [3.63, 3.8) is 0 Å². The van der Waals surface area contributed by atoms with Gasteiger partial charge in [0, 0.05) is 47.4 Å². The summed E-state index contributed by atoms with van der Waals surface area (Å²) in [5, 5.41) is 11.4. The number of hydrogen-bond acceptors (Lipinski definition) is 6. The molecule has 5 aromatic heterocycles. The van der Waals surface area contributed by atoms with Gasteiger partial charge in [-0.3, -0.25) is 19.9 Å². The maximum absolute atomic E-state index is 12.6. The van der Waals surface area contributed by atoms with Gasteiger partial charge in [-0.15, -0.1) is 0 Å². The Morgan fingerprint density at radius 2 is 1.76 bits per heavy atom. The van der Waals surface area contributed by atoms with Crippen molar-refractivity contribution in [1.82, 2.24) is 35.1 Å². The van der Waals surface area contributed by atoms with Crippen molar-refractivity contribution in [2.75, 3.05) is 5.32 Å². The van der Waals surface area contributed by atoms with Crippen LogP contribution in [0.2, 0.25) is 0 Å². The fraction of sp³-hybridized carbons (Fsp3) is 0.172. The third-order valence-electron chi connectivity index (χ3n) is 7.21. The highest BCUT2D eigenvalue weighted by atomic mass is 16.1. The van der Waals surface area contributed by atoms with Gasteiger partial charge in [0.25, 0.3) is 0 Å². The Hall–Kier alpha value is -4.92. The van der Waals surface area contributed by atoms with Crippen molar-refractivity contribution in [3.8, 4) is 33.8 Å². The Morgan fingerprint density at radius 3 is 2.63 bits per heavy atom. The lowest BCUT2D eigenvalue weighted by Crippen LogP contribution is -2.20. The molecule has 0 aliphatic heterocycles. The van der Waals surface area contributed by atoms with Gasteiger partial charge in [-0.2, -0.15) is 5.10 Å². The van der Waals surface area contributed by atoms with Crippen LogP contribution in [0.1, 0.15) is 25.7 Å². The third kappa shape index (κ3) is 3.98. The van der Waals surface area contributed by atoms with E-state index < -0.39 is 0 Å². The van der Waals surface area contributed by atoms with Crippen LogP contribution in [0.15, 0.2) is 73.4 Å². The van der Waals surface area contributed by atoms with E-state index in [2.05, 4.69) is 41.5 Å². The molecule has 3 N–H and O–H groups in total. The van der Waals surface area contributed by atoms with Crippen molar-refractivity contribution >= 4 is 33.7 Å². The molecule has 186 valence electrons. The summed E-state index contributed by atoms with van der Waals surface area (Å²) >= 11 is 0. The number of amides is 1. The molecule has 38 heavy (non-hydrogen) atoms. The van der Waals surface area contributed by atoms with Gasteiger partial charge in [-0.1, -0.05) is 25.0 Å². The number of anilines is 1. The quantitative estimate of drug-likeness (QED) is 0.277. The average molecular weight is 501 g/mol. The number of para-hydroxylation sites is 1. The summed E-state index contributed by atoms with van der Waals surface area (Å²) in [5.74, 6) is 0.818. The van der Waals surface area contributed by atoms with Gasteiger partial charge in [0.15, 0.2) is 11.5 Å². The molecule has 7 rings (SSSR count). The molecule has 0 spiro atoms. The highest BCUT2D eigenvalue weighted by Crippen LogP contribution is 2.33. The zero-order chi connectivity index (χ0) is 25.5. The molecule has 5 heterocycles. The number of fused-ring (bicyclic) bond motifs is 2. The molecule has 0 bridgehead atoms. The summed E-state index contributed by atoms with van der Waals surface area (Å²) in [6, 6.07) is 14.0. The van der Waals surface area contributed by atoms with Crippen LogP contribution in [0.5, 0.6) is 0 Å². The smallest absolute Gasteiger partial charge is 0.227 e. The Kier molecular flexibility index (Phi) is 5.39. The first-order valence-corrected chi connectivity index (χ1v) is 12.7. The van der Waals surface area contributed by atoms with Crippen molar-refractivity contribution in [1.29, 1.82) is 0 Å². The molecule has 1 saturated carbocycles. The second-order valence-corrected chi connectivity index (χ2v) is 9.65. The highest BCUT2D eigenvalue weighted by Gasteiger charge is 2.23. The molecule has 1 aromatic carbocycles. The van der Waals surface area contributed by atoms with E-state index >= 15 is 0 Å². The summed E-state index contributed by atoms with van der Waals surface area (Å²) in [6.45, 7) is 0. The number of aromatic amines is 2. The number of benzene rings is 1. The van der Waals surface area contributed by atoms with Crippen molar-refractivity contribution in [2.24, 2.45) is 5.92 Å². The fourth-order valence-electron chi connectivity index (χ4n) is 5.25. The summed E-state index contributed by atoms with van der Waals surface area (Å²) in [7, 11) is 0. The van der Waals surface area contributed by atoms with Crippen LogP contribution in [-0.4, -0.2) is 41.0 Å². The fourth-order valence-corrected chi connectivity index (χ4v) is 5.25. The summed E-state index contributed by atoms with van der Waals surface area (Å²) < 4.78 is 0. The van der Waals surface area contributed by atoms with E-state index in [1.807, 2.05) is 36.4 Å². The minimum absolute atomic E-state index is 0.0724. The number of nitrogens with zero attached hydrogens (tertiary/aromatic N) is 5. The lowest BCUT2D eigenvalue weighted by molar-refractivity contribution is -0.119. The minimum atomic E-state index is 0.0724. The van der Waals surface area contributed by atoms with Crippen LogP contribution in [0, 0.1) is 5.92 Å². The van der Waals surface area contributed by atoms with Crippen LogP contribution in [0.25, 0.3) is 55.8 Å². The Balaban J connectivity index is 1.25. The maximum atomic E-state index is 12.6. The Bertz CT molecular complexity index is 1780. The van der Waals surface area contributed by atoms with Crippen molar-refractivity contribution in [2.45, 2.75) is 25.7 Å². The molecule has 1 aliphatic carbocycles. The first-order chi connectivity index (χ1) is 18.7. The number of carbonyl (C=O) groups excluding carboxylic acids is 1. The van der Waals surface area contributed by atoms with E-state index in [0.29, 0.717) is 22.9 Å². The summed E-state index contributed by atoms with van der Waals surface area (Å²) in [6.07, 6.45) is 12.9. The third-order valence-corrected chi connectivity index (χ3v) is 7.21. The normalized spacial score (nSPS) is 13.9. The van der Waals surface area contributed by atoms with Gasteiger partial charge < -0.3 is 10.3 Å². The second-order valence-electron chi connectivity index (χ2n) is 9.65. The summed E-state index contributed by atoms with van der Waals surface area (Å²) in [5.41, 5.74) is 7.63. The predicted octanol–water partition coefficient (Wildman–Crippen LogP) is 5.75. The Labute approximate surface area is 217 Å². The monoisotopic (exact) mass is 500 g/mol. The van der Waals surface area contributed by atoms with Crippen LogP contribution in [0.4, 0.5) is 5.69 Å². The number of rotatable bonds is 5. The van der Waals surface area contributed by atoms with Gasteiger partial charge in [0.1, 0.15) is 5.69 Å². The number of carbonyl (C=O) groups is 1. The molecule has 0 unspecified atom stereocenters. The number of H-pyrrole nitrogens is 2. The van der Waals surface area contributed by atoms with E-state index in [4.69, 9.17) is 4.98 Å². The van der Waals surface area contributed by atoms with Gasteiger partial charge in [-0.05, 0) is 48.7 Å². The maximum Gasteiger partial charge on any atom is 0.227 e. The lowest BCUT2D eigenvalue weighted by Gasteiger charge is -2.11. The average Bonchev–Trinajstić information content (AvgIpc) is 3.73. The second kappa shape index (κ2) is 9.19. The molecule has 0 radical (unpaired) electrons. The molecule has 9 heteroatoms. The number of imidazole rings is 1. The first kappa shape index (κ1) is 22.3. The van der Waals surface area contributed by atoms with Crippen molar-refractivity contribution < 1.29 is 4.79 Å². The predicted molar refractivity (Wildman–Crippen MR) is 146 cm³/mol. The van der Waals surface area contributed by atoms with Crippen LogP contribution in [-0.2, 0) is 4.79 Å². The molecule has 9 nitrogen and oxygen atoms in total. The van der Waals surface area contributed by atoms with E-state index in [0.717, 1.165) is 64.4 Å². The zero-order valence-corrected chi connectivity index (χ0v) is 20.5. The summed E-state index contributed by atoms with van der Waals surface area (Å²) in [4.78, 5) is 34.0. The number of aromatic nitrogens is 7. The van der Waals surface area contributed by atoms with Gasteiger partial charge in [-0.25, -0.2) is 9.97 Å². The SMILES string of the molecule is O=C(Nc1cncc(-c2cnc3[nH]nc(-c4nc5c(-c6ccncc6)cccc5[nH]4)c3c2)c1)C1CCCC1. The molecule has 0 saturated heterocycles. The standard InChI is InChI=1S/C29H24N8O/c38-29(18-4-1-2-5-18)33-21-12-19(14-31-16-21)20-13-23-26(36-37-27(23)32-15-20)28-34-24-7-3-6-22(25(24)35-28)17-8-10-30-11-9-17/h3,6-16,18H,1-2,4-5H2,(H,33,38)(H,34,35)(H,32,36,37). The first-order valence-electron chi connectivity index (χ1n) is 12.7. The van der Waals surface area contributed by atoms with E-state index in [1.54, 1.807) is 31.0 Å². The topological polar surface area (TPSA) is 125 Å². The van der Waals surface area contributed by atoms with E-state index in [-0.39, 0.29) is 11.8 Å². The Morgan fingerprint density at radius 1 is 0.921 bits per heavy atom. The highest BCUT2D eigenvalue weighted by molar-refractivity contribution is 5.97. The largest absolute Gasteiger partial charge is 0.337 e. The van der Waals surface area contributed by atoms with E-state index in [9.17, 15) is 4.79 Å². The molecule has 1 aliphatic rings. The van der Waals surface area contributed by atoms with Gasteiger partial charge >= 0.3 is 0 Å². The van der Waals surface area contributed by atoms with Crippen LogP contribution < -0.4 is 5.32 Å². The molecular weight excluding hydrogens is 476 g/mol. The zero-order valence-electron chi connectivity index (χ0n) is 20.5. The van der Waals surface area contributed by atoms with Gasteiger partial charge in [0.05, 0.1) is 28.3 Å². The number of hydrogen-bond donors (Lipinski definition) is 3. The van der Waals surface area contributed by atoms with Crippen molar-refractivity contribution in [3.05, 3.63) is 73.4 Å².